The van der Waals surface area contributed by atoms with E-state index in [1.807, 2.05) is 29.2 Å². The van der Waals surface area contributed by atoms with E-state index in [1.54, 1.807) is 0 Å². The fourth-order valence-electron chi connectivity index (χ4n) is 2.82. The van der Waals surface area contributed by atoms with Gasteiger partial charge in [-0.25, -0.2) is 0 Å². The number of nitrogens with zero attached hydrogens (tertiary/aromatic N) is 1. The molecule has 0 amide bonds. The van der Waals surface area contributed by atoms with Crippen LogP contribution in [0.25, 0.3) is 0 Å². The summed E-state index contributed by atoms with van der Waals surface area (Å²) in [6.07, 6.45) is -2.43. The molecule has 1 aliphatic rings. The van der Waals surface area contributed by atoms with Gasteiger partial charge in [-0.2, -0.15) is 13.2 Å². The summed E-state index contributed by atoms with van der Waals surface area (Å²) < 4.78 is 38.4. The molecule has 2 rings (SSSR count). The predicted octanol–water partition coefficient (Wildman–Crippen LogP) is 2.96. The number of piperidine rings is 1. The van der Waals surface area contributed by atoms with E-state index in [0.717, 1.165) is 24.1 Å². The highest BCUT2D eigenvalue weighted by molar-refractivity contribution is 5.27. The van der Waals surface area contributed by atoms with E-state index in [-0.39, 0.29) is 13.0 Å². The highest BCUT2D eigenvalue weighted by Gasteiger charge is 2.41. The maximum atomic E-state index is 12.8. The Kier molecular flexibility index (Phi) is 5.05. The van der Waals surface area contributed by atoms with Crippen molar-refractivity contribution < 1.29 is 13.2 Å². The van der Waals surface area contributed by atoms with Crippen LogP contribution in [0.15, 0.2) is 24.3 Å². The summed E-state index contributed by atoms with van der Waals surface area (Å²) in [5.74, 6) is -1.18. The summed E-state index contributed by atoms with van der Waals surface area (Å²) >= 11 is 0. The standard InChI is InChI=1S/C15H21F3N2/c16-15(17,18)14-6-3-9-20(11-14)10-13-5-2-1-4-12(13)7-8-19/h1-2,4-5,14H,3,6-11,19H2. The average Bonchev–Trinajstić information content (AvgIpc) is 2.41. The van der Waals surface area contributed by atoms with Crippen LogP contribution in [-0.4, -0.2) is 30.7 Å². The van der Waals surface area contributed by atoms with Crippen LogP contribution >= 0.6 is 0 Å². The van der Waals surface area contributed by atoms with Crippen LogP contribution in [0.5, 0.6) is 0 Å². The Bertz CT molecular complexity index is 431. The molecule has 0 spiro atoms. The maximum Gasteiger partial charge on any atom is 0.393 e. The molecule has 1 aromatic carbocycles. The lowest BCUT2D eigenvalue weighted by Gasteiger charge is -2.34. The highest BCUT2D eigenvalue weighted by atomic mass is 19.4. The molecule has 20 heavy (non-hydrogen) atoms. The normalized spacial score (nSPS) is 21.1. The van der Waals surface area contributed by atoms with E-state index in [0.29, 0.717) is 19.5 Å². The van der Waals surface area contributed by atoms with E-state index in [2.05, 4.69) is 0 Å². The van der Waals surface area contributed by atoms with Gasteiger partial charge in [-0.05, 0) is 43.5 Å². The molecular formula is C15H21F3N2. The van der Waals surface area contributed by atoms with Crippen LogP contribution in [0.4, 0.5) is 13.2 Å². The van der Waals surface area contributed by atoms with Gasteiger partial charge in [-0.1, -0.05) is 24.3 Å². The molecular weight excluding hydrogens is 265 g/mol. The quantitative estimate of drug-likeness (QED) is 0.922. The number of nitrogens with two attached hydrogens (primary N) is 1. The fraction of sp³-hybridized carbons (Fsp3) is 0.600. The van der Waals surface area contributed by atoms with Gasteiger partial charge in [0, 0.05) is 13.1 Å². The van der Waals surface area contributed by atoms with E-state index in [9.17, 15) is 13.2 Å². The summed E-state index contributed by atoms with van der Waals surface area (Å²) in [5.41, 5.74) is 7.82. The molecule has 0 radical (unpaired) electrons. The van der Waals surface area contributed by atoms with Gasteiger partial charge in [0.25, 0.3) is 0 Å². The van der Waals surface area contributed by atoms with Crippen molar-refractivity contribution in [1.29, 1.82) is 0 Å². The fourth-order valence-corrected chi connectivity index (χ4v) is 2.82. The zero-order valence-electron chi connectivity index (χ0n) is 11.5. The number of benzene rings is 1. The summed E-state index contributed by atoms with van der Waals surface area (Å²) in [4.78, 5) is 1.91. The molecule has 2 nitrogen and oxygen atoms in total. The van der Waals surface area contributed by atoms with Crippen molar-refractivity contribution in [1.82, 2.24) is 4.90 Å². The summed E-state index contributed by atoms with van der Waals surface area (Å²) in [7, 11) is 0. The summed E-state index contributed by atoms with van der Waals surface area (Å²) in [6.45, 7) is 1.99. The largest absolute Gasteiger partial charge is 0.393 e. The predicted molar refractivity (Wildman–Crippen MR) is 73.3 cm³/mol. The molecule has 1 saturated heterocycles. The number of alkyl halides is 3. The monoisotopic (exact) mass is 286 g/mol. The Labute approximate surface area is 117 Å². The second-order valence-electron chi connectivity index (χ2n) is 5.42. The third-order valence-electron chi connectivity index (χ3n) is 3.89. The first-order chi connectivity index (χ1) is 9.50. The van der Waals surface area contributed by atoms with Crippen molar-refractivity contribution in [3.63, 3.8) is 0 Å². The molecule has 0 bridgehead atoms. The van der Waals surface area contributed by atoms with E-state index >= 15 is 0 Å². The molecule has 1 atom stereocenters. The lowest BCUT2D eigenvalue weighted by molar-refractivity contribution is -0.187. The Balaban J connectivity index is 2.03. The Morgan fingerprint density at radius 1 is 1.20 bits per heavy atom. The van der Waals surface area contributed by atoms with Crippen molar-refractivity contribution in [2.75, 3.05) is 19.6 Å². The van der Waals surface area contributed by atoms with Crippen LogP contribution in [0.3, 0.4) is 0 Å². The maximum absolute atomic E-state index is 12.8. The van der Waals surface area contributed by atoms with Crippen molar-refractivity contribution >= 4 is 0 Å². The Hall–Kier alpha value is -1.07. The minimum atomic E-state index is -4.07. The third kappa shape index (κ3) is 3.96. The van der Waals surface area contributed by atoms with Gasteiger partial charge >= 0.3 is 6.18 Å². The number of hydrogen-bond acceptors (Lipinski definition) is 2. The van der Waals surface area contributed by atoms with Crippen molar-refractivity contribution in [2.24, 2.45) is 11.7 Å². The smallest absolute Gasteiger partial charge is 0.330 e. The second kappa shape index (κ2) is 6.59. The van der Waals surface area contributed by atoms with Crippen molar-refractivity contribution in [2.45, 2.75) is 32.0 Å². The first-order valence-corrected chi connectivity index (χ1v) is 7.06. The summed E-state index contributed by atoms with van der Waals surface area (Å²) in [5, 5.41) is 0. The topological polar surface area (TPSA) is 29.3 Å². The second-order valence-corrected chi connectivity index (χ2v) is 5.42. The summed E-state index contributed by atoms with van der Waals surface area (Å²) in [6, 6.07) is 7.87. The number of hydrogen-bond donors (Lipinski definition) is 1. The van der Waals surface area contributed by atoms with Gasteiger partial charge in [0.05, 0.1) is 5.92 Å². The molecule has 1 heterocycles. The van der Waals surface area contributed by atoms with Gasteiger partial charge in [0.2, 0.25) is 0 Å². The molecule has 0 aliphatic carbocycles. The minimum Gasteiger partial charge on any atom is -0.330 e. The van der Waals surface area contributed by atoms with Crippen LogP contribution < -0.4 is 5.73 Å². The molecule has 112 valence electrons. The molecule has 2 N–H and O–H groups in total. The first kappa shape index (κ1) is 15.3. The van der Waals surface area contributed by atoms with Gasteiger partial charge in [0.15, 0.2) is 0 Å². The zero-order valence-corrected chi connectivity index (χ0v) is 11.5. The van der Waals surface area contributed by atoms with Gasteiger partial charge in [-0.15, -0.1) is 0 Å². The van der Waals surface area contributed by atoms with Crippen LogP contribution in [0.2, 0.25) is 0 Å². The first-order valence-electron chi connectivity index (χ1n) is 7.06. The van der Waals surface area contributed by atoms with Crippen LogP contribution in [0.1, 0.15) is 24.0 Å². The Morgan fingerprint density at radius 2 is 1.90 bits per heavy atom. The zero-order chi connectivity index (χ0) is 14.6. The molecule has 1 aromatic rings. The van der Waals surface area contributed by atoms with E-state index < -0.39 is 12.1 Å². The van der Waals surface area contributed by atoms with Crippen molar-refractivity contribution in [3.8, 4) is 0 Å². The lowest BCUT2D eigenvalue weighted by atomic mass is 9.96. The Morgan fingerprint density at radius 3 is 2.55 bits per heavy atom. The van der Waals surface area contributed by atoms with Gasteiger partial charge in [-0.3, -0.25) is 4.90 Å². The van der Waals surface area contributed by atoms with Crippen LogP contribution in [-0.2, 0) is 13.0 Å². The average molecular weight is 286 g/mol. The highest BCUT2D eigenvalue weighted by Crippen LogP contribution is 2.33. The minimum absolute atomic E-state index is 0.112. The third-order valence-corrected chi connectivity index (χ3v) is 3.89. The number of halogens is 3. The number of likely N-dealkylation sites (tertiary alicyclic amines) is 1. The number of rotatable bonds is 4. The molecule has 1 unspecified atom stereocenters. The molecule has 5 heteroatoms. The lowest BCUT2D eigenvalue weighted by Crippen LogP contribution is -2.41. The van der Waals surface area contributed by atoms with E-state index in [4.69, 9.17) is 5.73 Å². The van der Waals surface area contributed by atoms with Crippen LogP contribution in [0, 0.1) is 5.92 Å². The van der Waals surface area contributed by atoms with Crippen molar-refractivity contribution in [3.05, 3.63) is 35.4 Å². The van der Waals surface area contributed by atoms with E-state index in [1.165, 1.54) is 0 Å². The SMILES string of the molecule is NCCc1ccccc1CN1CCCC(C(F)(F)F)C1. The van der Waals surface area contributed by atoms with Gasteiger partial charge in [0.1, 0.15) is 0 Å². The molecule has 1 aliphatic heterocycles. The molecule has 0 aromatic heterocycles. The van der Waals surface area contributed by atoms with Gasteiger partial charge < -0.3 is 5.73 Å². The molecule has 0 saturated carbocycles. The molecule has 1 fully saturated rings.